The monoisotopic (exact) mass is 240 g/mol. The highest BCUT2D eigenvalue weighted by molar-refractivity contribution is 5.88. The summed E-state index contributed by atoms with van der Waals surface area (Å²) in [7, 11) is 0. The number of hydrogen-bond donors (Lipinski definition) is 0. The molecule has 0 aromatic carbocycles. The van der Waals surface area contributed by atoms with Crippen LogP contribution in [0.15, 0.2) is 0 Å². The van der Waals surface area contributed by atoms with Crippen LogP contribution >= 0.6 is 0 Å². The van der Waals surface area contributed by atoms with E-state index in [1.54, 1.807) is 0 Å². The predicted molar refractivity (Wildman–Crippen MR) is 50.5 cm³/mol. The van der Waals surface area contributed by atoms with Gasteiger partial charge < -0.3 is 4.74 Å². The van der Waals surface area contributed by atoms with Crippen molar-refractivity contribution in [2.45, 2.75) is 51.6 Å². The Bertz CT molecular complexity index is 236. The quantitative estimate of drug-likeness (QED) is 0.407. The second kappa shape index (κ2) is 7.24. The van der Waals surface area contributed by atoms with Crippen molar-refractivity contribution in [3.8, 4) is 0 Å². The smallest absolute Gasteiger partial charge is 0.386 e. The Balaban J connectivity index is 3.63. The first-order chi connectivity index (χ1) is 7.38. The van der Waals surface area contributed by atoms with Crippen LogP contribution in [0.4, 0.5) is 13.2 Å². The molecule has 16 heavy (non-hydrogen) atoms. The van der Waals surface area contributed by atoms with Gasteiger partial charge in [-0.2, -0.15) is 13.2 Å². The third kappa shape index (κ3) is 7.25. The normalized spacial score (nSPS) is 11.2. The van der Waals surface area contributed by atoms with Crippen molar-refractivity contribution in [1.82, 2.24) is 0 Å². The van der Waals surface area contributed by atoms with Crippen LogP contribution in [0.5, 0.6) is 0 Å². The van der Waals surface area contributed by atoms with Gasteiger partial charge in [-0.3, -0.25) is 4.79 Å². The number of carbonyl (C=O) groups excluding carboxylic acids is 2. The molecule has 0 bridgehead atoms. The van der Waals surface area contributed by atoms with Gasteiger partial charge in [-0.05, 0) is 6.42 Å². The van der Waals surface area contributed by atoms with E-state index < -0.39 is 18.1 Å². The Hall–Kier alpha value is -1.07. The molecule has 0 aromatic rings. The molecule has 6 heteroatoms. The van der Waals surface area contributed by atoms with Gasteiger partial charge in [0.25, 0.3) is 0 Å². The van der Waals surface area contributed by atoms with Crippen molar-refractivity contribution < 1.29 is 27.5 Å². The minimum Gasteiger partial charge on any atom is -0.386 e. The molecule has 0 unspecified atom stereocenters. The van der Waals surface area contributed by atoms with Gasteiger partial charge in [-0.15, -0.1) is 0 Å². The summed E-state index contributed by atoms with van der Waals surface area (Å²) in [6.45, 7) is 2.02. The van der Waals surface area contributed by atoms with E-state index >= 15 is 0 Å². The standard InChI is InChI=1S/C10H15F3O3/c1-2-3-4-5-6-7-8(14)16-9(15)10(11,12)13/h2-7H2,1H3. The third-order valence-electron chi connectivity index (χ3n) is 1.92. The van der Waals surface area contributed by atoms with Crippen LogP contribution < -0.4 is 0 Å². The summed E-state index contributed by atoms with van der Waals surface area (Å²) in [5.41, 5.74) is 0. The molecule has 0 heterocycles. The SMILES string of the molecule is CCCCCCCC(=O)OC(=O)C(F)(F)F. The van der Waals surface area contributed by atoms with Crippen LogP contribution in [0, 0.1) is 0 Å². The number of unbranched alkanes of at least 4 members (excludes halogenated alkanes) is 4. The highest BCUT2D eigenvalue weighted by Crippen LogP contribution is 2.17. The molecule has 0 aliphatic rings. The first-order valence-corrected chi connectivity index (χ1v) is 5.19. The summed E-state index contributed by atoms with van der Waals surface area (Å²) in [5, 5.41) is 0. The number of esters is 2. The van der Waals surface area contributed by atoms with Gasteiger partial charge in [-0.1, -0.05) is 32.6 Å². The first-order valence-electron chi connectivity index (χ1n) is 5.19. The molecule has 0 aliphatic heterocycles. The zero-order valence-electron chi connectivity index (χ0n) is 9.10. The van der Waals surface area contributed by atoms with Gasteiger partial charge in [0.05, 0.1) is 0 Å². The van der Waals surface area contributed by atoms with Gasteiger partial charge >= 0.3 is 18.1 Å². The molecule has 3 nitrogen and oxygen atoms in total. The van der Waals surface area contributed by atoms with Crippen LogP contribution in [0.25, 0.3) is 0 Å². The number of ether oxygens (including phenoxy) is 1. The maximum Gasteiger partial charge on any atom is 0.491 e. The summed E-state index contributed by atoms with van der Waals surface area (Å²) >= 11 is 0. The van der Waals surface area contributed by atoms with Crippen LogP contribution in [0.1, 0.15) is 45.4 Å². The van der Waals surface area contributed by atoms with Gasteiger partial charge in [0, 0.05) is 6.42 Å². The fraction of sp³-hybridized carbons (Fsp3) is 0.800. The highest BCUT2D eigenvalue weighted by atomic mass is 19.4. The molecule has 0 aliphatic carbocycles. The van der Waals surface area contributed by atoms with Crippen molar-refractivity contribution in [2.75, 3.05) is 0 Å². The fourth-order valence-corrected chi connectivity index (χ4v) is 1.09. The van der Waals surface area contributed by atoms with E-state index in [9.17, 15) is 22.8 Å². The molecule has 0 saturated carbocycles. The maximum atomic E-state index is 11.7. The Morgan fingerprint density at radius 2 is 1.62 bits per heavy atom. The molecule has 0 atom stereocenters. The largest absolute Gasteiger partial charge is 0.491 e. The molecule has 0 fully saturated rings. The molecule has 0 N–H and O–H groups in total. The van der Waals surface area contributed by atoms with Gasteiger partial charge in [-0.25, -0.2) is 4.79 Å². The Labute approximate surface area is 92.0 Å². The summed E-state index contributed by atoms with van der Waals surface area (Å²) in [6, 6.07) is 0. The summed E-state index contributed by atoms with van der Waals surface area (Å²) < 4.78 is 38.6. The van der Waals surface area contributed by atoms with E-state index in [0.717, 1.165) is 25.7 Å². The van der Waals surface area contributed by atoms with E-state index in [1.165, 1.54) is 0 Å². The van der Waals surface area contributed by atoms with E-state index in [4.69, 9.17) is 0 Å². The second-order valence-electron chi connectivity index (χ2n) is 3.42. The minimum absolute atomic E-state index is 0.147. The molecule has 0 aromatic heterocycles. The number of carbonyl (C=O) groups is 2. The zero-order chi connectivity index (χ0) is 12.6. The van der Waals surface area contributed by atoms with Crippen molar-refractivity contribution in [3.63, 3.8) is 0 Å². The first kappa shape index (κ1) is 14.9. The number of alkyl halides is 3. The van der Waals surface area contributed by atoms with E-state index in [0.29, 0.717) is 6.42 Å². The van der Waals surface area contributed by atoms with Crippen molar-refractivity contribution in [1.29, 1.82) is 0 Å². The van der Waals surface area contributed by atoms with Crippen LogP contribution in [-0.2, 0) is 14.3 Å². The number of halogens is 3. The minimum atomic E-state index is -5.10. The number of hydrogen-bond acceptors (Lipinski definition) is 3. The molecule has 94 valence electrons. The molecule has 0 rings (SSSR count). The maximum absolute atomic E-state index is 11.7. The lowest BCUT2D eigenvalue weighted by atomic mass is 10.1. The van der Waals surface area contributed by atoms with Gasteiger partial charge in [0.1, 0.15) is 0 Å². The summed E-state index contributed by atoms with van der Waals surface area (Å²) in [4.78, 5) is 21.0. The Morgan fingerprint density at radius 3 is 2.12 bits per heavy atom. The average molecular weight is 240 g/mol. The second-order valence-corrected chi connectivity index (χ2v) is 3.42. The molecular weight excluding hydrogens is 225 g/mol. The van der Waals surface area contributed by atoms with E-state index in [2.05, 4.69) is 4.74 Å². The molecule has 0 saturated heterocycles. The van der Waals surface area contributed by atoms with Gasteiger partial charge in [0.2, 0.25) is 0 Å². The predicted octanol–water partition coefficient (Wildman–Crippen LogP) is 2.98. The molecule has 0 spiro atoms. The Kier molecular flexibility index (Phi) is 6.76. The highest BCUT2D eigenvalue weighted by Gasteiger charge is 2.42. The van der Waals surface area contributed by atoms with Crippen molar-refractivity contribution in [3.05, 3.63) is 0 Å². The lowest BCUT2D eigenvalue weighted by Gasteiger charge is -2.05. The topological polar surface area (TPSA) is 43.4 Å². The third-order valence-corrected chi connectivity index (χ3v) is 1.92. The fourth-order valence-electron chi connectivity index (χ4n) is 1.09. The lowest BCUT2D eigenvalue weighted by molar-refractivity contribution is -0.201. The summed E-state index contributed by atoms with van der Waals surface area (Å²) in [5.74, 6) is -3.55. The van der Waals surface area contributed by atoms with Crippen LogP contribution in [0.3, 0.4) is 0 Å². The number of rotatable bonds is 6. The lowest BCUT2D eigenvalue weighted by Crippen LogP contribution is -2.27. The van der Waals surface area contributed by atoms with E-state index in [-0.39, 0.29) is 6.42 Å². The zero-order valence-corrected chi connectivity index (χ0v) is 9.10. The van der Waals surface area contributed by atoms with Crippen LogP contribution in [0.2, 0.25) is 0 Å². The molecular formula is C10H15F3O3. The molecule has 0 amide bonds. The van der Waals surface area contributed by atoms with Gasteiger partial charge in [0.15, 0.2) is 0 Å². The van der Waals surface area contributed by atoms with E-state index in [1.807, 2.05) is 6.92 Å². The van der Waals surface area contributed by atoms with Crippen molar-refractivity contribution >= 4 is 11.9 Å². The average Bonchev–Trinajstić information content (AvgIpc) is 2.16. The van der Waals surface area contributed by atoms with Crippen LogP contribution in [-0.4, -0.2) is 18.1 Å². The summed E-state index contributed by atoms with van der Waals surface area (Å²) in [6.07, 6.45) is -1.05. The van der Waals surface area contributed by atoms with Crippen molar-refractivity contribution in [2.24, 2.45) is 0 Å². The molecule has 0 radical (unpaired) electrons. The Morgan fingerprint density at radius 1 is 1.06 bits per heavy atom.